The molecule has 66 valence electrons. The zero-order valence-electron chi connectivity index (χ0n) is 7.21. The highest BCUT2D eigenvalue weighted by molar-refractivity contribution is 5.86. The quantitative estimate of drug-likeness (QED) is 0.662. The molecule has 0 spiro atoms. The lowest BCUT2D eigenvalue weighted by molar-refractivity contribution is 0.292. The third-order valence-electron chi connectivity index (χ3n) is 2.49. The van der Waals surface area contributed by atoms with Crippen LogP contribution >= 0.6 is 0 Å². The third-order valence-corrected chi connectivity index (χ3v) is 2.49. The number of hydrogen-bond donors (Lipinski definition) is 1. The van der Waals surface area contributed by atoms with Crippen molar-refractivity contribution in [3.63, 3.8) is 0 Å². The van der Waals surface area contributed by atoms with Crippen LogP contribution in [0.2, 0.25) is 0 Å². The Bertz CT molecular complexity index is 447. The number of aromatic nitrogens is 2. The predicted molar refractivity (Wildman–Crippen MR) is 49.9 cm³/mol. The van der Waals surface area contributed by atoms with Crippen LogP contribution in [0.15, 0.2) is 18.3 Å². The van der Waals surface area contributed by atoms with Crippen molar-refractivity contribution in [1.82, 2.24) is 10.2 Å². The minimum Gasteiger partial charge on any atom is -0.493 e. The van der Waals surface area contributed by atoms with Gasteiger partial charge in [0.05, 0.1) is 23.7 Å². The Labute approximate surface area is 75.7 Å². The number of hydrogen-bond acceptors (Lipinski definition) is 2. The van der Waals surface area contributed by atoms with Crippen molar-refractivity contribution in [2.45, 2.75) is 12.8 Å². The predicted octanol–water partition coefficient (Wildman–Crippen LogP) is 1.89. The van der Waals surface area contributed by atoms with E-state index in [0.29, 0.717) is 0 Å². The molecule has 1 aliphatic heterocycles. The van der Waals surface area contributed by atoms with Crippen LogP contribution in [0.3, 0.4) is 0 Å². The molecule has 2 heterocycles. The van der Waals surface area contributed by atoms with Crippen LogP contribution in [-0.2, 0) is 6.42 Å². The van der Waals surface area contributed by atoms with E-state index in [9.17, 15) is 0 Å². The fraction of sp³-hybridized carbons (Fsp3) is 0.300. The largest absolute Gasteiger partial charge is 0.493 e. The van der Waals surface area contributed by atoms with Gasteiger partial charge in [-0.15, -0.1) is 0 Å². The molecule has 0 unspecified atom stereocenters. The molecule has 0 radical (unpaired) electrons. The Hall–Kier alpha value is -1.51. The second kappa shape index (κ2) is 2.49. The first-order valence-corrected chi connectivity index (χ1v) is 4.53. The second-order valence-electron chi connectivity index (χ2n) is 3.34. The molecule has 0 saturated carbocycles. The molecule has 0 saturated heterocycles. The Kier molecular flexibility index (Phi) is 1.33. The van der Waals surface area contributed by atoms with Gasteiger partial charge in [0, 0.05) is 0 Å². The van der Waals surface area contributed by atoms with Crippen molar-refractivity contribution in [2.24, 2.45) is 0 Å². The maximum Gasteiger partial charge on any atom is 0.133 e. The molecule has 0 aliphatic carbocycles. The van der Waals surface area contributed by atoms with Gasteiger partial charge in [0.15, 0.2) is 0 Å². The van der Waals surface area contributed by atoms with E-state index in [1.54, 1.807) is 0 Å². The number of ether oxygens (including phenoxy) is 1. The van der Waals surface area contributed by atoms with Gasteiger partial charge in [0.2, 0.25) is 0 Å². The van der Waals surface area contributed by atoms with E-state index in [-0.39, 0.29) is 0 Å². The van der Waals surface area contributed by atoms with Crippen LogP contribution in [0.25, 0.3) is 10.9 Å². The molecule has 1 N–H and O–H groups in total. The lowest BCUT2D eigenvalue weighted by Gasteiger charge is -2.17. The van der Waals surface area contributed by atoms with Gasteiger partial charge in [0.1, 0.15) is 5.75 Å². The minimum atomic E-state index is 0.831. The maximum absolute atomic E-state index is 5.64. The third kappa shape index (κ3) is 0.932. The molecule has 1 aliphatic rings. The van der Waals surface area contributed by atoms with Crippen LogP contribution in [-0.4, -0.2) is 16.8 Å². The normalized spacial score (nSPS) is 15.4. The number of aryl methyl sites for hydroxylation is 1. The van der Waals surface area contributed by atoms with Crippen molar-refractivity contribution < 1.29 is 4.74 Å². The first kappa shape index (κ1) is 6.95. The average molecular weight is 174 g/mol. The molecule has 2 aromatic rings. The van der Waals surface area contributed by atoms with Crippen LogP contribution < -0.4 is 4.74 Å². The summed E-state index contributed by atoms with van der Waals surface area (Å²) in [6, 6.07) is 4.19. The molecule has 3 rings (SSSR count). The zero-order chi connectivity index (χ0) is 8.67. The van der Waals surface area contributed by atoms with Gasteiger partial charge >= 0.3 is 0 Å². The van der Waals surface area contributed by atoms with E-state index in [0.717, 1.165) is 36.1 Å². The highest BCUT2D eigenvalue weighted by Crippen LogP contribution is 2.31. The molecule has 3 heteroatoms. The number of benzene rings is 1. The lowest BCUT2D eigenvalue weighted by atomic mass is 10.0. The van der Waals surface area contributed by atoms with Gasteiger partial charge in [-0.2, -0.15) is 5.10 Å². The van der Waals surface area contributed by atoms with E-state index in [2.05, 4.69) is 22.3 Å². The first-order chi connectivity index (χ1) is 6.45. The zero-order valence-corrected chi connectivity index (χ0v) is 7.21. The Balaban J connectivity index is 2.34. The van der Waals surface area contributed by atoms with Gasteiger partial charge < -0.3 is 4.74 Å². The Morgan fingerprint density at radius 3 is 3.38 bits per heavy atom. The summed E-state index contributed by atoms with van der Waals surface area (Å²) in [5.41, 5.74) is 2.36. The van der Waals surface area contributed by atoms with Crippen molar-refractivity contribution in [3.05, 3.63) is 23.9 Å². The Morgan fingerprint density at radius 1 is 1.38 bits per heavy atom. The van der Waals surface area contributed by atoms with Crippen molar-refractivity contribution in [2.75, 3.05) is 6.61 Å². The van der Waals surface area contributed by atoms with Crippen molar-refractivity contribution in [1.29, 1.82) is 0 Å². The second-order valence-corrected chi connectivity index (χ2v) is 3.34. The summed E-state index contributed by atoms with van der Waals surface area (Å²) in [6.07, 6.45) is 4.08. The highest BCUT2D eigenvalue weighted by atomic mass is 16.5. The average Bonchev–Trinajstić information content (AvgIpc) is 2.65. The van der Waals surface area contributed by atoms with Gasteiger partial charge in [-0.3, -0.25) is 5.10 Å². The summed E-state index contributed by atoms with van der Waals surface area (Å²) in [4.78, 5) is 0. The lowest BCUT2D eigenvalue weighted by Crippen LogP contribution is -2.08. The number of H-pyrrole nitrogens is 1. The number of nitrogens with zero attached hydrogens (tertiary/aromatic N) is 1. The summed E-state index contributed by atoms with van der Waals surface area (Å²) in [5, 5.41) is 8.05. The molecular weight excluding hydrogens is 164 g/mol. The smallest absolute Gasteiger partial charge is 0.133 e. The number of rotatable bonds is 0. The summed E-state index contributed by atoms with van der Waals surface area (Å²) in [5.74, 6) is 1.03. The van der Waals surface area contributed by atoms with Crippen molar-refractivity contribution in [3.8, 4) is 5.75 Å². The topological polar surface area (TPSA) is 37.9 Å². The van der Waals surface area contributed by atoms with Crippen molar-refractivity contribution >= 4 is 10.9 Å². The van der Waals surface area contributed by atoms with Crippen LogP contribution in [0, 0.1) is 0 Å². The minimum absolute atomic E-state index is 0.831. The number of aromatic amines is 1. The van der Waals surface area contributed by atoms with E-state index < -0.39 is 0 Å². The van der Waals surface area contributed by atoms with Gasteiger partial charge in [0.25, 0.3) is 0 Å². The number of nitrogens with one attached hydrogen (secondary N) is 1. The summed E-state index contributed by atoms with van der Waals surface area (Å²) in [6.45, 7) is 0.831. The summed E-state index contributed by atoms with van der Waals surface area (Å²) in [7, 11) is 0. The molecular formula is C10H10N2O. The molecule has 0 amide bonds. The molecule has 0 atom stereocenters. The van der Waals surface area contributed by atoms with Crippen LogP contribution in [0.4, 0.5) is 0 Å². The SMILES string of the molecule is c1cc2[nH]ncc2c2c1CCCO2. The van der Waals surface area contributed by atoms with Crippen LogP contribution in [0.5, 0.6) is 5.75 Å². The molecule has 0 fully saturated rings. The first-order valence-electron chi connectivity index (χ1n) is 4.53. The molecule has 1 aromatic heterocycles. The van der Waals surface area contributed by atoms with Gasteiger partial charge in [-0.25, -0.2) is 0 Å². The molecule has 1 aromatic carbocycles. The van der Waals surface area contributed by atoms with E-state index in [1.165, 1.54) is 5.56 Å². The molecule has 13 heavy (non-hydrogen) atoms. The Morgan fingerprint density at radius 2 is 2.38 bits per heavy atom. The van der Waals surface area contributed by atoms with E-state index in [1.807, 2.05) is 6.20 Å². The maximum atomic E-state index is 5.64. The summed E-state index contributed by atoms with van der Waals surface area (Å²) < 4.78 is 5.64. The highest BCUT2D eigenvalue weighted by Gasteiger charge is 2.13. The van der Waals surface area contributed by atoms with E-state index >= 15 is 0 Å². The van der Waals surface area contributed by atoms with Gasteiger partial charge in [-0.1, -0.05) is 6.07 Å². The summed E-state index contributed by atoms with van der Waals surface area (Å²) >= 11 is 0. The standard InChI is InChI=1S/C10H10N2O/c1-2-7-3-4-9-8(6-11-12-9)10(7)13-5-1/h3-4,6H,1-2,5H2,(H,11,12). The number of fused-ring (bicyclic) bond motifs is 3. The fourth-order valence-corrected chi connectivity index (χ4v) is 1.84. The van der Waals surface area contributed by atoms with Crippen LogP contribution in [0.1, 0.15) is 12.0 Å². The molecule has 3 nitrogen and oxygen atoms in total. The fourth-order valence-electron chi connectivity index (χ4n) is 1.84. The molecule has 0 bridgehead atoms. The van der Waals surface area contributed by atoms with E-state index in [4.69, 9.17) is 4.74 Å². The van der Waals surface area contributed by atoms with Gasteiger partial charge in [-0.05, 0) is 24.5 Å². The monoisotopic (exact) mass is 174 g/mol.